The van der Waals surface area contributed by atoms with E-state index in [1.807, 2.05) is 20.8 Å². The molecule has 0 aromatic heterocycles. The minimum absolute atomic E-state index is 0.282. The molecule has 0 amide bonds. The Labute approximate surface area is 236 Å². The molecule has 0 aromatic rings. The molecule has 39 heavy (non-hydrogen) atoms. The molecular formula is C24H54N3O9P3. The van der Waals surface area contributed by atoms with Crippen LogP contribution in [-0.2, 0) is 40.8 Å². The second-order valence-corrected chi connectivity index (χ2v) is 15.8. The standard InChI is InChI=1S/C24H54N3O9P3/c1-8-31-37(28,32-9-2)22-20-25-14-15-26(21-23-38(29,33-10-3)34-11-4)17-19-27(18-16-25)24(7)39(30,35-12-5)36-13-6/h24H,8-23H2,1-7H3. The lowest BCUT2D eigenvalue weighted by Gasteiger charge is -2.34. The summed E-state index contributed by atoms with van der Waals surface area (Å²) in [6, 6.07) is 0. The van der Waals surface area contributed by atoms with Gasteiger partial charge in [-0.3, -0.25) is 18.6 Å². The molecule has 0 saturated carbocycles. The summed E-state index contributed by atoms with van der Waals surface area (Å²) in [6.07, 6.45) is 0.564. The van der Waals surface area contributed by atoms with Crippen LogP contribution in [0.4, 0.5) is 0 Å². The Morgan fingerprint density at radius 3 is 1.15 bits per heavy atom. The summed E-state index contributed by atoms with van der Waals surface area (Å²) >= 11 is 0. The first-order chi connectivity index (χ1) is 18.5. The van der Waals surface area contributed by atoms with Gasteiger partial charge in [-0.05, 0) is 48.5 Å². The van der Waals surface area contributed by atoms with Gasteiger partial charge in [0.2, 0.25) is 0 Å². The minimum Gasteiger partial charge on any atom is -0.309 e. The molecular weight excluding hydrogens is 567 g/mol. The van der Waals surface area contributed by atoms with Crippen molar-refractivity contribution < 1.29 is 40.8 Å². The van der Waals surface area contributed by atoms with E-state index in [2.05, 4.69) is 14.7 Å². The van der Waals surface area contributed by atoms with E-state index in [4.69, 9.17) is 27.1 Å². The van der Waals surface area contributed by atoms with Crippen molar-refractivity contribution in [2.45, 2.75) is 54.2 Å². The average molecular weight is 622 g/mol. The van der Waals surface area contributed by atoms with Crippen LogP contribution in [0.15, 0.2) is 0 Å². The maximum atomic E-state index is 13.6. The molecule has 0 bridgehead atoms. The van der Waals surface area contributed by atoms with Crippen molar-refractivity contribution in [2.75, 3.05) is 104 Å². The van der Waals surface area contributed by atoms with Gasteiger partial charge in [-0.1, -0.05) is 0 Å². The first kappa shape index (κ1) is 37.4. The normalized spacial score (nSPS) is 18.5. The SMILES string of the molecule is CCOP(=O)(CCN1CCN(CCP(=O)(OCC)OCC)CCN(C(C)P(=O)(OCC)OCC)CC1)OCC. The van der Waals surface area contributed by atoms with Crippen LogP contribution in [0.3, 0.4) is 0 Å². The predicted molar refractivity (Wildman–Crippen MR) is 156 cm³/mol. The molecule has 1 fully saturated rings. The van der Waals surface area contributed by atoms with Crippen LogP contribution in [0.2, 0.25) is 0 Å². The Morgan fingerprint density at radius 1 is 0.538 bits per heavy atom. The second-order valence-electron chi connectivity index (χ2n) is 9.07. The van der Waals surface area contributed by atoms with E-state index in [1.165, 1.54) is 0 Å². The van der Waals surface area contributed by atoms with E-state index >= 15 is 0 Å². The summed E-state index contributed by atoms with van der Waals surface area (Å²) in [5.74, 6) is -0.449. The van der Waals surface area contributed by atoms with E-state index in [9.17, 15) is 13.7 Å². The van der Waals surface area contributed by atoms with E-state index in [1.54, 1.807) is 27.7 Å². The lowest BCUT2D eigenvalue weighted by atomic mass is 10.4. The lowest BCUT2D eigenvalue weighted by molar-refractivity contribution is 0.155. The maximum absolute atomic E-state index is 13.6. The van der Waals surface area contributed by atoms with Gasteiger partial charge in [0.15, 0.2) is 0 Å². The summed E-state index contributed by atoms with van der Waals surface area (Å²) in [7, 11) is -9.75. The zero-order valence-electron chi connectivity index (χ0n) is 25.2. The van der Waals surface area contributed by atoms with Gasteiger partial charge >= 0.3 is 22.8 Å². The summed E-state index contributed by atoms with van der Waals surface area (Å²) in [5, 5.41) is 0. The van der Waals surface area contributed by atoms with Gasteiger partial charge in [0, 0.05) is 52.4 Å². The topological polar surface area (TPSA) is 116 Å². The molecule has 0 radical (unpaired) electrons. The van der Waals surface area contributed by atoms with E-state index < -0.39 is 28.6 Å². The molecule has 0 N–H and O–H groups in total. The van der Waals surface area contributed by atoms with Gasteiger partial charge < -0.3 is 36.9 Å². The second kappa shape index (κ2) is 19.5. The van der Waals surface area contributed by atoms with E-state index in [0.29, 0.717) is 92.0 Å². The van der Waals surface area contributed by atoms with E-state index in [0.717, 1.165) is 0 Å². The highest BCUT2D eigenvalue weighted by Crippen LogP contribution is 2.54. The quantitative estimate of drug-likeness (QED) is 0.169. The summed E-state index contributed by atoms with van der Waals surface area (Å²) in [4.78, 5) is 6.58. The third-order valence-corrected chi connectivity index (χ3v) is 13.0. The van der Waals surface area contributed by atoms with Gasteiger partial charge in [0.05, 0.1) is 52.0 Å². The fourth-order valence-corrected chi connectivity index (χ4v) is 9.59. The molecule has 234 valence electrons. The van der Waals surface area contributed by atoms with Crippen LogP contribution >= 0.6 is 22.8 Å². The number of rotatable bonds is 20. The third-order valence-electron chi connectivity index (χ3n) is 6.43. The smallest absolute Gasteiger partial charge is 0.309 e. The van der Waals surface area contributed by atoms with Crippen molar-refractivity contribution in [3.63, 3.8) is 0 Å². The predicted octanol–water partition coefficient (Wildman–Crippen LogP) is 5.05. The Kier molecular flexibility index (Phi) is 18.7. The molecule has 12 nitrogen and oxygen atoms in total. The molecule has 0 spiro atoms. The molecule has 1 saturated heterocycles. The van der Waals surface area contributed by atoms with Gasteiger partial charge in [0.25, 0.3) is 0 Å². The van der Waals surface area contributed by atoms with Crippen LogP contribution in [0.5, 0.6) is 0 Å². The number of nitrogens with zero attached hydrogens (tertiary/aromatic N) is 3. The maximum Gasteiger partial charge on any atom is 0.347 e. The van der Waals surface area contributed by atoms with Crippen molar-refractivity contribution >= 4 is 22.8 Å². The Hall–Kier alpha value is 0.330. The molecule has 1 heterocycles. The van der Waals surface area contributed by atoms with E-state index in [-0.39, 0.29) is 12.3 Å². The van der Waals surface area contributed by atoms with Gasteiger partial charge in [0.1, 0.15) is 5.78 Å². The number of hydrogen-bond donors (Lipinski definition) is 0. The van der Waals surface area contributed by atoms with Crippen molar-refractivity contribution in [1.29, 1.82) is 0 Å². The van der Waals surface area contributed by atoms with Gasteiger partial charge in [-0.25, -0.2) is 0 Å². The van der Waals surface area contributed by atoms with Crippen molar-refractivity contribution in [1.82, 2.24) is 14.7 Å². The molecule has 1 aliphatic rings. The van der Waals surface area contributed by atoms with Gasteiger partial charge in [-0.2, -0.15) is 0 Å². The Morgan fingerprint density at radius 2 is 0.846 bits per heavy atom. The highest BCUT2D eigenvalue weighted by Gasteiger charge is 2.37. The largest absolute Gasteiger partial charge is 0.347 e. The zero-order valence-corrected chi connectivity index (χ0v) is 27.9. The molecule has 1 aliphatic heterocycles. The zero-order chi connectivity index (χ0) is 29.4. The molecule has 0 aliphatic carbocycles. The average Bonchev–Trinajstić information content (AvgIpc) is 2.97. The van der Waals surface area contributed by atoms with Crippen molar-refractivity contribution in [3.05, 3.63) is 0 Å². The molecule has 1 unspecified atom stereocenters. The highest BCUT2D eigenvalue weighted by molar-refractivity contribution is 7.54. The summed E-state index contributed by atoms with van der Waals surface area (Å²) in [6.45, 7) is 19.7. The minimum atomic E-state index is -3.37. The fraction of sp³-hybridized carbons (Fsp3) is 1.00. The lowest BCUT2D eigenvalue weighted by Crippen LogP contribution is -2.42. The van der Waals surface area contributed by atoms with Crippen LogP contribution in [0.1, 0.15) is 48.5 Å². The highest BCUT2D eigenvalue weighted by atomic mass is 31.2. The molecule has 1 atom stereocenters. The molecule has 15 heteroatoms. The van der Waals surface area contributed by atoms with Crippen molar-refractivity contribution in [2.24, 2.45) is 0 Å². The van der Waals surface area contributed by atoms with Crippen LogP contribution in [-0.4, -0.2) is 125 Å². The molecule has 0 aromatic carbocycles. The summed E-state index contributed by atoms with van der Waals surface area (Å²) < 4.78 is 73.1. The number of hydrogen-bond acceptors (Lipinski definition) is 12. The Balaban J connectivity index is 3.12. The first-order valence-electron chi connectivity index (χ1n) is 14.4. The van der Waals surface area contributed by atoms with Crippen LogP contribution in [0.25, 0.3) is 0 Å². The van der Waals surface area contributed by atoms with Crippen LogP contribution in [0, 0.1) is 0 Å². The third kappa shape index (κ3) is 13.5. The molecule has 1 rings (SSSR count). The van der Waals surface area contributed by atoms with Gasteiger partial charge in [-0.15, -0.1) is 0 Å². The van der Waals surface area contributed by atoms with Crippen molar-refractivity contribution in [3.8, 4) is 0 Å². The Bertz CT molecular complexity index is 732. The first-order valence-corrected chi connectivity index (χ1v) is 19.4. The fourth-order valence-electron chi connectivity index (χ4n) is 4.44. The van der Waals surface area contributed by atoms with Crippen LogP contribution < -0.4 is 0 Å². The summed E-state index contributed by atoms with van der Waals surface area (Å²) in [5.41, 5.74) is 0. The monoisotopic (exact) mass is 621 g/mol.